The van der Waals surface area contributed by atoms with Crippen LogP contribution < -0.4 is 5.32 Å². The van der Waals surface area contributed by atoms with Crippen LogP contribution in [0.5, 0.6) is 0 Å². The quantitative estimate of drug-likeness (QED) is 0.167. The molecule has 3 nitrogen and oxygen atoms in total. The summed E-state index contributed by atoms with van der Waals surface area (Å²) in [6.45, 7) is 13.4. The Hall–Kier alpha value is -6.06. The first-order valence-corrected chi connectivity index (χ1v) is 17.1. The van der Waals surface area contributed by atoms with Crippen LogP contribution in [0, 0.1) is 13.8 Å². The molecule has 0 radical (unpaired) electrons. The van der Waals surface area contributed by atoms with Crippen molar-refractivity contribution in [1.29, 1.82) is 0 Å². The SMILES string of the molecule is C=C/C=C\C=C.CCC1N=C(c2ccc(-c3ccc(-c4ccc(-c5ccccc5)cc4)c(C)ccccc3C)cc2)N=C(c2ccccc2)N1. The predicted octanol–water partition coefficient (Wildman–Crippen LogP) is 11.9. The van der Waals surface area contributed by atoms with Gasteiger partial charge in [-0.15, -0.1) is 0 Å². The predicted molar refractivity (Wildman–Crippen MR) is 216 cm³/mol. The summed E-state index contributed by atoms with van der Waals surface area (Å²) in [6, 6.07) is 51.4. The van der Waals surface area contributed by atoms with E-state index in [2.05, 4.69) is 167 Å². The van der Waals surface area contributed by atoms with Gasteiger partial charge < -0.3 is 5.32 Å². The van der Waals surface area contributed by atoms with E-state index in [9.17, 15) is 0 Å². The molecule has 0 saturated carbocycles. The molecular formula is C47H45N3. The van der Waals surface area contributed by atoms with E-state index in [1.54, 1.807) is 12.2 Å². The Morgan fingerprint density at radius 3 is 1.42 bits per heavy atom. The summed E-state index contributed by atoms with van der Waals surface area (Å²) in [6.07, 6.45) is 7.95. The number of nitrogens with one attached hydrogen (secondary N) is 1. The van der Waals surface area contributed by atoms with Gasteiger partial charge >= 0.3 is 0 Å². The van der Waals surface area contributed by atoms with Crippen LogP contribution in [0.4, 0.5) is 0 Å². The summed E-state index contributed by atoms with van der Waals surface area (Å²) in [5, 5.41) is 3.47. The molecule has 1 N–H and O–H groups in total. The summed E-state index contributed by atoms with van der Waals surface area (Å²) in [7, 11) is 0. The Balaban J connectivity index is 0.000000745. The topological polar surface area (TPSA) is 36.8 Å². The van der Waals surface area contributed by atoms with Gasteiger partial charge in [-0.25, -0.2) is 9.98 Å². The molecule has 6 rings (SSSR count). The maximum atomic E-state index is 4.91. The summed E-state index contributed by atoms with van der Waals surface area (Å²) in [4.78, 5) is 9.81. The van der Waals surface area contributed by atoms with E-state index in [4.69, 9.17) is 9.98 Å². The number of benzene rings is 4. The minimum atomic E-state index is -0.00282. The van der Waals surface area contributed by atoms with Crippen molar-refractivity contribution in [3.8, 4) is 33.4 Å². The number of allylic oxidation sites excluding steroid dienone is 4. The first-order valence-electron chi connectivity index (χ1n) is 17.1. The van der Waals surface area contributed by atoms with Crippen LogP contribution in [-0.4, -0.2) is 17.8 Å². The Morgan fingerprint density at radius 2 is 0.940 bits per heavy atom. The second-order valence-corrected chi connectivity index (χ2v) is 12.0. The third kappa shape index (κ3) is 9.30. The van der Waals surface area contributed by atoms with Gasteiger partial charge in [0, 0.05) is 11.1 Å². The summed E-state index contributed by atoms with van der Waals surface area (Å²) in [5.41, 5.74) is 11.7. The lowest BCUT2D eigenvalue weighted by molar-refractivity contribution is 0.609. The number of hydrogen-bond donors (Lipinski definition) is 1. The van der Waals surface area contributed by atoms with E-state index in [1.165, 1.54) is 38.9 Å². The van der Waals surface area contributed by atoms with Crippen LogP contribution in [0.2, 0.25) is 0 Å². The fourth-order valence-electron chi connectivity index (χ4n) is 5.67. The smallest absolute Gasteiger partial charge is 0.159 e. The highest BCUT2D eigenvalue weighted by Gasteiger charge is 2.18. The average molecular weight is 652 g/mol. The molecule has 5 aromatic rings. The number of aryl methyl sites for hydroxylation is 2. The van der Waals surface area contributed by atoms with Gasteiger partial charge in [0.25, 0.3) is 0 Å². The first-order chi connectivity index (χ1) is 24.5. The minimum absolute atomic E-state index is 0.00282. The van der Waals surface area contributed by atoms with Crippen molar-refractivity contribution in [2.45, 2.75) is 33.4 Å². The van der Waals surface area contributed by atoms with Gasteiger partial charge in [0.2, 0.25) is 0 Å². The molecular weight excluding hydrogens is 607 g/mol. The lowest BCUT2D eigenvalue weighted by Crippen LogP contribution is -2.38. The van der Waals surface area contributed by atoms with Gasteiger partial charge in [-0.05, 0) is 64.8 Å². The highest BCUT2D eigenvalue weighted by molar-refractivity contribution is 6.13. The van der Waals surface area contributed by atoms with Gasteiger partial charge in [0.1, 0.15) is 12.0 Å². The second-order valence-electron chi connectivity index (χ2n) is 12.0. The van der Waals surface area contributed by atoms with Crippen molar-refractivity contribution in [3.05, 3.63) is 205 Å². The Morgan fingerprint density at radius 1 is 0.520 bits per heavy atom. The number of amidine groups is 2. The molecule has 0 spiro atoms. The normalized spacial score (nSPS) is 13.5. The molecule has 3 heteroatoms. The zero-order chi connectivity index (χ0) is 35.1. The monoisotopic (exact) mass is 651 g/mol. The van der Waals surface area contributed by atoms with Crippen molar-refractivity contribution in [1.82, 2.24) is 5.32 Å². The van der Waals surface area contributed by atoms with E-state index in [1.807, 2.05) is 30.4 Å². The molecule has 1 heterocycles. The largest absolute Gasteiger partial charge is 0.348 e. The van der Waals surface area contributed by atoms with E-state index in [0.717, 1.165) is 34.8 Å². The summed E-state index contributed by atoms with van der Waals surface area (Å²) in [5.74, 6) is 1.63. The lowest BCUT2D eigenvalue weighted by atomic mass is 9.96. The van der Waals surface area contributed by atoms with Crippen LogP contribution >= 0.6 is 0 Å². The van der Waals surface area contributed by atoms with Crippen molar-refractivity contribution >= 4 is 11.7 Å². The van der Waals surface area contributed by atoms with Crippen molar-refractivity contribution in [2.24, 2.45) is 9.98 Å². The maximum absolute atomic E-state index is 4.91. The molecule has 1 aliphatic rings. The fraction of sp³-hybridized carbons (Fsp3) is 0.106. The molecule has 5 aromatic carbocycles. The zero-order valence-corrected chi connectivity index (χ0v) is 29.3. The number of nitrogens with zero attached hydrogens (tertiary/aromatic N) is 2. The van der Waals surface area contributed by atoms with Gasteiger partial charge in [0.15, 0.2) is 5.84 Å². The molecule has 0 aromatic heterocycles. The molecule has 1 atom stereocenters. The molecule has 0 bridgehead atoms. The fourth-order valence-corrected chi connectivity index (χ4v) is 5.67. The van der Waals surface area contributed by atoms with Crippen molar-refractivity contribution in [2.75, 3.05) is 0 Å². The van der Waals surface area contributed by atoms with E-state index in [-0.39, 0.29) is 6.17 Å². The van der Waals surface area contributed by atoms with Crippen molar-refractivity contribution in [3.63, 3.8) is 0 Å². The molecule has 0 aliphatic carbocycles. The average Bonchev–Trinajstić information content (AvgIpc) is 3.18. The summed E-state index contributed by atoms with van der Waals surface area (Å²) < 4.78 is 0. The third-order valence-corrected chi connectivity index (χ3v) is 8.44. The van der Waals surface area contributed by atoms with Crippen LogP contribution in [0.15, 0.2) is 193 Å². The van der Waals surface area contributed by atoms with Gasteiger partial charge in [0.05, 0.1) is 0 Å². The first kappa shape index (κ1) is 35.3. The van der Waals surface area contributed by atoms with E-state index < -0.39 is 0 Å². The molecule has 0 amide bonds. The van der Waals surface area contributed by atoms with Crippen LogP contribution in [0.25, 0.3) is 33.4 Å². The molecule has 248 valence electrons. The number of hydrogen-bond acceptors (Lipinski definition) is 3. The Kier molecular flexibility index (Phi) is 12.6. The van der Waals surface area contributed by atoms with Crippen molar-refractivity contribution < 1.29 is 0 Å². The zero-order valence-electron chi connectivity index (χ0n) is 29.3. The van der Waals surface area contributed by atoms with Gasteiger partial charge in [-0.3, -0.25) is 0 Å². The molecule has 0 saturated heterocycles. The molecule has 50 heavy (non-hydrogen) atoms. The van der Waals surface area contributed by atoms with Gasteiger partial charge in [-0.2, -0.15) is 0 Å². The molecule has 1 unspecified atom stereocenters. The summed E-state index contributed by atoms with van der Waals surface area (Å²) >= 11 is 0. The lowest BCUT2D eigenvalue weighted by Gasteiger charge is -2.22. The number of rotatable bonds is 8. The maximum Gasteiger partial charge on any atom is 0.159 e. The highest BCUT2D eigenvalue weighted by Crippen LogP contribution is 2.29. The van der Waals surface area contributed by atoms with Crippen LogP contribution in [-0.2, 0) is 0 Å². The van der Waals surface area contributed by atoms with Crippen LogP contribution in [0.1, 0.15) is 35.6 Å². The molecule has 1 aliphatic heterocycles. The van der Waals surface area contributed by atoms with Gasteiger partial charge in [-0.1, -0.05) is 190 Å². The Bertz CT molecular complexity index is 2020. The highest BCUT2D eigenvalue weighted by atomic mass is 15.2. The minimum Gasteiger partial charge on any atom is -0.348 e. The van der Waals surface area contributed by atoms with Crippen LogP contribution in [0.3, 0.4) is 0 Å². The van der Waals surface area contributed by atoms with E-state index in [0.29, 0.717) is 0 Å². The van der Waals surface area contributed by atoms with E-state index >= 15 is 0 Å². The standard InChI is InChI=1S/C41H37N3.C6H8/c1-4-39-42-40(35-17-9-6-10-18-35)44-41(43-39)36-25-23-34(24-26-36)38-28-27-37(29(2)13-11-12-14-30(38)3)33-21-19-32(20-22-33)31-15-7-5-8-16-31;1-3-5-6-4-2/h5-28,39H,4H2,1-3H3,(H,42,43,44);3-6H,1-2H2/b;6-5-. The third-order valence-electron chi connectivity index (χ3n) is 8.44. The Labute approximate surface area is 298 Å². The molecule has 0 fully saturated rings. The number of aliphatic imine (C=N–C) groups is 2. The second kappa shape index (κ2) is 17.9.